The Morgan fingerprint density at radius 3 is 2.47 bits per heavy atom. The molecule has 0 spiro atoms. The Bertz CT molecular complexity index is 733. The predicted octanol–water partition coefficient (Wildman–Crippen LogP) is 1.81. The van der Waals surface area contributed by atoms with Crippen LogP contribution in [0, 0.1) is 10.1 Å². The van der Waals surface area contributed by atoms with E-state index in [9.17, 15) is 23.6 Å². The number of benzene rings is 1. The Balaban J connectivity index is 2.81. The first-order chi connectivity index (χ1) is 8.80. The summed E-state index contributed by atoms with van der Waals surface area (Å²) < 4.78 is 36.1. The zero-order valence-corrected chi connectivity index (χ0v) is 9.99. The smallest absolute Gasteiger partial charge is 0.298 e. The first-order valence-electron chi connectivity index (χ1n) is 4.83. The number of nitrogens with zero attached hydrogens (tertiary/aromatic N) is 1. The van der Waals surface area contributed by atoms with Crippen LogP contribution in [-0.4, -0.2) is 23.0 Å². The van der Waals surface area contributed by atoms with Crippen LogP contribution < -0.4 is 0 Å². The molecule has 1 aromatic heterocycles. The number of aromatic hydroxyl groups is 1. The lowest BCUT2D eigenvalue weighted by atomic mass is 10.1. The number of hydrogen-bond acceptors (Lipinski definition) is 6. The van der Waals surface area contributed by atoms with E-state index in [2.05, 4.69) is 0 Å². The van der Waals surface area contributed by atoms with E-state index in [1.54, 1.807) is 0 Å². The van der Waals surface area contributed by atoms with Gasteiger partial charge in [0.15, 0.2) is 0 Å². The summed E-state index contributed by atoms with van der Waals surface area (Å²) in [7, 11) is -4.80. The lowest BCUT2D eigenvalue weighted by molar-refractivity contribution is -0.385. The molecular formula is C10H7NO7S. The fraction of sp³-hybridized carbons (Fsp3) is 0. The Hall–Kier alpha value is -2.39. The monoisotopic (exact) mass is 285 g/mol. The van der Waals surface area contributed by atoms with Gasteiger partial charge in [-0.05, 0) is 12.1 Å². The zero-order chi connectivity index (χ0) is 14.2. The first-order valence-corrected chi connectivity index (χ1v) is 6.27. The van der Waals surface area contributed by atoms with Gasteiger partial charge in [-0.3, -0.25) is 14.7 Å². The van der Waals surface area contributed by atoms with Gasteiger partial charge >= 0.3 is 0 Å². The van der Waals surface area contributed by atoms with Crippen LogP contribution in [0.5, 0.6) is 5.75 Å². The Kier molecular flexibility index (Phi) is 3.00. The van der Waals surface area contributed by atoms with Gasteiger partial charge in [0.25, 0.3) is 15.8 Å². The highest BCUT2D eigenvalue weighted by molar-refractivity contribution is 7.86. The fourth-order valence-electron chi connectivity index (χ4n) is 1.51. The van der Waals surface area contributed by atoms with Crippen molar-refractivity contribution < 1.29 is 27.4 Å². The highest BCUT2D eigenvalue weighted by Gasteiger charge is 2.25. The van der Waals surface area contributed by atoms with Gasteiger partial charge in [-0.15, -0.1) is 0 Å². The maximum Gasteiger partial charge on any atom is 0.298 e. The molecule has 0 amide bonds. The van der Waals surface area contributed by atoms with Crippen molar-refractivity contribution in [3.63, 3.8) is 0 Å². The van der Waals surface area contributed by atoms with Crippen molar-refractivity contribution in [2.75, 3.05) is 0 Å². The lowest BCUT2D eigenvalue weighted by Gasteiger charge is -2.06. The second kappa shape index (κ2) is 4.37. The molecule has 0 fully saturated rings. The van der Waals surface area contributed by atoms with Crippen LogP contribution >= 0.6 is 0 Å². The summed E-state index contributed by atoms with van der Waals surface area (Å²) in [5.74, 6) is -0.783. The third-order valence-corrected chi connectivity index (χ3v) is 3.20. The summed E-state index contributed by atoms with van der Waals surface area (Å²) in [6.07, 6.45) is 1.25. The van der Waals surface area contributed by atoms with Gasteiger partial charge in [0.2, 0.25) is 0 Å². The van der Waals surface area contributed by atoms with E-state index < -0.39 is 31.4 Å². The van der Waals surface area contributed by atoms with Gasteiger partial charge in [-0.25, -0.2) is 0 Å². The van der Waals surface area contributed by atoms with E-state index in [0.717, 1.165) is 6.07 Å². The average molecular weight is 285 g/mol. The van der Waals surface area contributed by atoms with Gasteiger partial charge in [0.1, 0.15) is 16.4 Å². The van der Waals surface area contributed by atoms with E-state index in [1.165, 1.54) is 18.4 Å². The van der Waals surface area contributed by atoms with Gasteiger partial charge in [0.05, 0.1) is 16.7 Å². The number of hydrogen-bond donors (Lipinski definition) is 2. The maximum atomic E-state index is 11.1. The molecule has 0 saturated heterocycles. The maximum absolute atomic E-state index is 11.1. The van der Waals surface area contributed by atoms with Crippen LogP contribution in [0.2, 0.25) is 0 Å². The average Bonchev–Trinajstić information content (AvgIpc) is 2.80. The van der Waals surface area contributed by atoms with Gasteiger partial charge in [0, 0.05) is 12.1 Å². The lowest BCUT2D eigenvalue weighted by Crippen LogP contribution is -2.01. The molecule has 0 saturated carbocycles. The number of nitro groups is 1. The minimum Gasteiger partial charge on any atom is -0.506 e. The molecule has 2 aromatic rings. The van der Waals surface area contributed by atoms with Crippen molar-refractivity contribution in [2.24, 2.45) is 0 Å². The summed E-state index contributed by atoms with van der Waals surface area (Å²) in [4.78, 5) is 8.93. The fourth-order valence-corrected chi connectivity index (χ4v) is 2.14. The van der Waals surface area contributed by atoms with Crippen molar-refractivity contribution in [3.05, 3.63) is 40.6 Å². The molecule has 2 rings (SSSR count). The van der Waals surface area contributed by atoms with E-state index in [0.29, 0.717) is 6.07 Å². The molecule has 1 aromatic carbocycles. The molecular weight excluding hydrogens is 278 g/mol. The molecule has 2 N–H and O–H groups in total. The SMILES string of the molecule is O=[N+]([O-])c1cc(-c2ccco2)c(O)c(S(=O)(=O)O)c1. The quantitative estimate of drug-likeness (QED) is 0.499. The van der Waals surface area contributed by atoms with Crippen LogP contribution in [0.4, 0.5) is 5.69 Å². The Morgan fingerprint density at radius 1 is 1.32 bits per heavy atom. The molecule has 0 unspecified atom stereocenters. The Morgan fingerprint density at radius 2 is 2.00 bits per heavy atom. The molecule has 9 heteroatoms. The van der Waals surface area contributed by atoms with Crippen LogP contribution in [0.1, 0.15) is 0 Å². The molecule has 100 valence electrons. The zero-order valence-electron chi connectivity index (χ0n) is 9.18. The van der Waals surface area contributed by atoms with Crippen LogP contribution in [0.15, 0.2) is 39.8 Å². The molecule has 0 aliphatic carbocycles. The molecule has 0 radical (unpaired) electrons. The number of phenolic OH excluding ortho intramolecular Hbond substituents is 1. The van der Waals surface area contributed by atoms with E-state index in [-0.39, 0.29) is 11.3 Å². The predicted molar refractivity (Wildman–Crippen MR) is 62.3 cm³/mol. The van der Waals surface area contributed by atoms with Crippen LogP contribution in [0.3, 0.4) is 0 Å². The van der Waals surface area contributed by atoms with Crippen molar-refractivity contribution in [3.8, 4) is 17.1 Å². The normalized spacial score (nSPS) is 11.4. The van der Waals surface area contributed by atoms with Crippen molar-refractivity contribution in [1.29, 1.82) is 0 Å². The minimum atomic E-state index is -4.80. The van der Waals surface area contributed by atoms with Gasteiger partial charge < -0.3 is 9.52 Å². The molecule has 8 nitrogen and oxygen atoms in total. The number of non-ortho nitro benzene ring substituents is 1. The molecule has 0 aliphatic rings. The highest BCUT2D eigenvalue weighted by Crippen LogP contribution is 2.38. The number of furan rings is 1. The third-order valence-electron chi connectivity index (χ3n) is 2.34. The number of phenols is 1. The molecule has 1 heterocycles. The highest BCUT2D eigenvalue weighted by atomic mass is 32.2. The molecule has 0 aliphatic heterocycles. The first kappa shape index (κ1) is 13.1. The van der Waals surface area contributed by atoms with Gasteiger partial charge in [-0.1, -0.05) is 0 Å². The summed E-state index contributed by atoms with van der Waals surface area (Å²) in [5, 5.41) is 20.5. The third kappa shape index (κ3) is 2.41. The number of rotatable bonds is 3. The largest absolute Gasteiger partial charge is 0.506 e. The summed E-state index contributed by atoms with van der Waals surface area (Å²) in [5.41, 5.74) is -0.802. The van der Waals surface area contributed by atoms with E-state index in [4.69, 9.17) is 8.97 Å². The molecule has 0 bridgehead atoms. The second-order valence-corrected chi connectivity index (χ2v) is 4.94. The van der Waals surface area contributed by atoms with Gasteiger partial charge in [-0.2, -0.15) is 8.42 Å². The van der Waals surface area contributed by atoms with Crippen LogP contribution in [-0.2, 0) is 10.1 Å². The summed E-state index contributed by atoms with van der Waals surface area (Å²) in [6.45, 7) is 0. The Labute approximate surface area is 106 Å². The second-order valence-electron chi connectivity index (χ2n) is 3.55. The number of nitro benzene ring substituents is 1. The summed E-state index contributed by atoms with van der Waals surface area (Å²) >= 11 is 0. The van der Waals surface area contributed by atoms with Crippen molar-refractivity contribution in [2.45, 2.75) is 4.90 Å². The van der Waals surface area contributed by atoms with E-state index in [1.807, 2.05) is 0 Å². The minimum absolute atomic E-state index is 0.0334. The van der Waals surface area contributed by atoms with Crippen molar-refractivity contribution in [1.82, 2.24) is 0 Å². The van der Waals surface area contributed by atoms with E-state index >= 15 is 0 Å². The summed E-state index contributed by atoms with van der Waals surface area (Å²) in [6, 6.07) is 4.35. The van der Waals surface area contributed by atoms with Crippen LogP contribution in [0.25, 0.3) is 11.3 Å². The standard InChI is InChI=1S/C10H7NO7S/c12-10-7(8-2-1-3-18-8)4-6(11(13)14)5-9(10)19(15,16)17/h1-5,12H,(H,15,16,17). The van der Waals surface area contributed by atoms with Crippen molar-refractivity contribution >= 4 is 15.8 Å². The topological polar surface area (TPSA) is 131 Å². The molecule has 19 heavy (non-hydrogen) atoms. The molecule has 0 atom stereocenters.